The lowest BCUT2D eigenvalue weighted by Crippen LogP contribution is -2.32. The van der Waals surface area contributed by atoms with E-state index >= 15 is 0 Å². The third kappa shape index (κ3) is 4.76. The lowest BCUT2D eigenvalue weighted by atomic mass is 10.1. The molecule has 0 radical (unpaired) electrons. The number of benzene rings is 1. The van der Waals surface area contributed by atoms with Crippen LogP contribution in [-0.2, 0) is 6.54 Å². The predicted octanol–water partition coefficient (Wildman–Crippen LogP) is 2.80. The molecule has 0 amide bonds. The largest absolute Gasteiger partial charge is 0.497 e. The highest BCUT2D eigenvalue weighted by Gasteiger charge is 2.09. The molecule has 0 atom stereocenters. The molecule has 0 unspecified atom stereocenters. The van der Waals surface area contributed by atoms with Crippen LogP contribution < -0.4 is 10.1 Å². The minimum Gasteiger partial charge on any atom is -0.497 e. The molecule has 1 N–H and O–H groups in total. The van der Waals surface area contributed by atoms with E-state index in [-0.39, 0.29) is 5.82 Å². The summed E-state index contributed by atoms with van der Waals surface area (Å²) in [6, 6.07) is 5.02. The van der Waals surface area contributed by atoms with Crippen LogP contribution in [-0.4, -0.2) is 38.2 Å². The fourth-order valence-electron chi connectivity index (χ4n) is 2.63. The summed E-state index contributed by atoms with van der Waals surface area (Å²) in [5.74, 6) is 0.365. The smallest absolute Gasteiger partial charge is 0.131 e. The molecule has 1 aromatic carbocycles. The zero-order chi connectivity index (χ0) is 14.2. The zero-order valence-corrected chi connectivity index (χ0v) is 12.3. The van der Waals surface area contributed by atoms with Crippen LogP contribution in [0.1, 0.15) is 31.2 Å². The van der Waals surface area contributed by atoms with Crippen molar-refractivity contribution < 1.29 is 9.13 Å². The van der Waals surface area contributed by atoms with E-state index in [4.69, 9.17) is 4.74 Å². The Balaban J connectivity index is 1.63. The number of piperidine rings is 1. The van der Waals surface area contributed by atoms with Gasteiger partial charge in [-0.05, 0) is 51.5 Å². The maximum Gasteiger partial charge on any atom is 0.131 e. The molecule has 3 nitrogen and oxygen atoms in total. The lowest BCUT2D eigenvalue weighted by molar-refractivity contribution is 0.225. The Hall–Kier alpha value is -1.13. The number of hydrogen-bond acceptors (Lipinski definition) is 3. The number of likely N-dealkylation sites (tertiary alicyclic amines) is 1. The summed E-state index contributed by atoms with van der Waals surface area (Å²) in [5, 5.41) is 3.31. The van der Waals surface area contributed by atoms with E-state index in [1.54, 1.807) is 19.2 Å². The maximum absolute atomic E-state index is 13.7. The molecule has 20 heavy (non-hydrogen) atoms. The summed E-state index contributed by atoms with van der Waals surface area (Å²) < 4.78 is 18.7. The summed E-state index contributed by atoms with van der Waals surface area (Å²) >= 11 is 0. The molecule has 0 bridgehead atoms. The van der Waals surface area contributed by atoms with Crippen LogP contribution in [0.3, 0.4) is 0 Å². The van der Waals surface area contributed by atoms with Gasteiger partial charge in [-0.3, -0.25) is 0 Å². The molecule has 0 spiro atoms. The quantitative estimate of drug-likeness (QED) is 0.777. The third-order valence-corrected chi connectivity index (χ3v) is 3.85. The molecule has 2 rings (SSSR count). The van der Waals surface area contributed by atoms with Gasteiger partial charge < -0.3 is 15.0 Å². The Morgan fingerprint density at radius 1 is 1.25 bits per heavy atom. The van der Waals surface area contributed by atoms with E-state index in [1.165, 1.54) is 38.4 Å². The van der Waals surface area contributed by atoms with Crippen molar-refractivity contribution in [1.82, 2.24) is 10.2 Å². The normalized spacial score (nSPS) is 16.3. The molecule has 1 fully saturated rings. The lowest BCUT2D eigenvalue weighted by Gasteiger charge is -2.26. The number of ether oxygens (including phenoxy) is 1. The van der Waals surface area contributed by atoms with Gasteiger partial charge in [0.25, 0.3) is 0 Å². The second kappa shape index (κ2) is 8.22. The maximum atomic E-state index is 13.7. The standard InChI is InChI=1S/C16H25FN2O/c1-20-15-7-6-14(16(17)12-15)13-18-8-5-11-19-9-3-2-4-10-19/h6-7,12,18H,2-5,8-11,13H2,1H3. The molecule has 1 aliphatic heterocycles. The van der Waals surface area contributed by atoms with Crippen LogP contribution in [0, 0.1) is 5.82 Å². The van der Waals surface area contributed by atoms with Crippen molar-refractivity contribution in [3.63, 3.8) is 0 Å². The predicted molar refractivity (Wildman–Crippen MR) is 79.6 cm³/mol. The summed E-state index contributed by atoms with van der Waals surface area (Å²) in [4.78, 5) is 2.53. The Morgan fingerprint density at radius 2 is 2.05 bits per heavy atom. The van der Waals surface area contributed by atoms with Crippen LogP contribution in [0.4, 0.5) is 4.39 Å². The Morgan fingerprint density at radius 3 is 2.75 bits per heavy atom. The molecular formula is C16H25FN2O. The van der Waals surface area contributed by atoms with Crippen molar-refractivity contribution in [1.29, 1.82) is 0 Å². The fourth-order valence-corrected chi connectivity index (χ4v) is 2.63. The molecule has 1 heterocycles. The van der Waals surface area contributed by atoms with Crippen molar-refractivity contribution >= 4 is 0 Å². The van der Waals surface area contributed by atoms with Crippen molar-refractivity contribution in [2.45, 2.75) is 32.2 Å². The van der Waals surface area contributed by atoms with Crippen LogP contribution >= 0.6 is 0 Å². The first-order valence-electron chi connectivity index (χ1n) is 7.55. The van der Waals surface area contributed by atoms with Crippen LogP contribution in [0.5, 0.6) is 5.75 Å². The van der Waals surface area contributed by atoms with E-state index in [0.717, 1.165) is 19.5 Å². The minimum atomic E-state index is -0.201. The van der Waals surface area contributed by atoms with Gasteiger partial charge in [0, 0.05) is 18.2 Å². The third-order valence-electron chi connectivity index (χ3n) is 3.85. The molecule has 0 saturated carbocycles. The Kier molecular flexibility index (Phi) is 6.27. The van der Waals surface area contributed by atoms with Gasteiger partial charge in [-0.1, -0.05) is 12.5 Å². The second-order valence-corrected chi connectivity index (χ2v) is 5.39. The van der Waals surface area contributed by atoms with Crippen molar-refractivity contribution in [2.24, 2.45) is 0 Å². The average Bonchev–Trinajstić information content (AvgIpc) is 2.49. The van der Waals surface area contributed by atoms with E-state index in [9.17, 15) is 4.39 Å². The molecule has 1 saturated heterocycles. The highest BCUT2D eigenvalue weighted by atomic mass is 19.1. The molecule has 112 valence electrons. The highest BCUT2D eigenvalue weighted by Crippen LogP contribution is 2.16. The summed E-state index contributed by atoms with van der Waals surface area (Å²) in [5.41, 5.74) is 0.698. The monoisotopic (exact) mass is 280 g/mol. The SMILES string of the molecule is COc1ccc(CNCCCN2CCCCC2)c(F)c1. The van der Waals surface area contributed by atoms with Gasteiger partial charge in [0.1, 0.15) is 11.6 Å². The summed E-state index contributed by atoms with van der Waals surface area (Å²) in [6.45, 7) is 5.15. The van der Waals surface area contributed by atoms with Crippen LogP contribution in [0.15, 0.2) is 18.2 Å². The number of halogens is 1. The van der Waals surface area contributed by atoms with E-state index in [2.05, 4.69) is 10.2 Å². The minimum absolute atomic E-state index is 0.201. The molecule has 0 aliphatic carbocycles. The van der Waals surface area contributed by atoms with E-state index in [1.807, 2.05) is 0 Å². The summed E-state index contributed by atoms with van der Waals surface area (Å²) in [7, 11) is 1.55. The summed E-state index contributed by atoms with van der Waals surface area (Å²) in [6.07, 6.45) is 5.18. The molecule has 0 aromatic heterocycles. The fraction of sp³-hybridized carbons (Fsp3) is 0.625. The topological polar surface area (TPSA) is 24.5 Å². The molecule has 4 heteroatoms. The first-order chi connectivity index (χ1) is 9.79. The highest BCUT2D eigenvalue weighted by molar-refractivity contribution is 5.28. The van der Waals surface area contributed by atoms with Gasteiger partial charge in [-0.15, -0.1) is 0 Å². The van der Waals surface area contributed by atoms with Crippen LogP contribution in [0.25, 0.3) is 0 Å². The average molecular weight is 280 g/mol. The van der Waals surface area contributed by atoms with E-state index in [0.29, 0.717) is 17.9 Å². The Bertz CT molecular complexity index is 405. The first-order valence-corrected chi connectivity index (χ1v) is 7.55. The number of nitrogens with one attached hydrogen (secondary N) is 1. The van der Waals surface area contributed by atoms with Gasteiger partial charge in [0.15, 0.2) is 0 Å². The van der Waals surface area contributed by atoms with Crippen molar-refractivity contribution in [3.8, 4) is 5.75 Å². The van der Waals surface area contributed by atoms with E-state index < -0.39 is 0 Å². The number of rotatable bonds is 7. The first kappa shape index (κ1) is 15.3. The molecular weight excluding hydrogens is 255 g/mol. The van der Waals surface area contributed by atoms with Gasteiger partial charge in [0.2, 0.25) is 0 Å². The van der Waals surface area contributed by atoms with Crippen molar-refractivity contribution in [2.75, 3.05) is 33.3 Å². The number of hydrogen-bond donors (Lipinski definition) is 1. The van der Waals surface area contributed by atoms with Gasteiger partial charge in [0.05, 0.1) is 7.11 Å². The van der Waals surface area contributed by atoms with Crippen molar-refractivity contribution in [3.05, 3.63) is 29.6 Å². The number of methoxy groups -OCH3 is 1. The van der Waals surface area contributed by atoms with Gasteiger partial charge in [-0.2, -0.15) is 0 Å². The molecule has 1 aromatic rings. The van der Waals surface area contributed by atoms with Gasteiger partial charge in [-0.25, -0.2) is 4.39 Å². The Labute approximate surface area is 121 Å². The van der Waals surface area contributed by atoms with Crippen LogP contribution in [0.2, 0.25) is 0 Å². The molecule has 1 aliphatic rings. The van der Waals surface area contributed by atoms with Gasteiger partial charge >= 0.3 is 0 Å². The second-order valence-electron chi connectivity index (χ2n) is 5.39. The zero-order valence-electron chi connectivity index (χ0n) is 12.3. The number of nitrogens with zero attached hydrogens (tertiary/aromatic N) is 1.